The molecule has 0 amide bonds. The lowest BCUT2D eigenvalue weighted by Gasteiger charge is -2.16. The van der Waals surface area contributed by atoms with Crippen molar-refractivity contribution in [1.29, 1.82) is 0 Å². The van der Waals surface area contributed by atoms with Crippen molar-refractivity contribution in [2.75, 3.05) is 35.0 Å². The van der Waals surface area contributed by atoms with Gasteiger partial charge >= 0.3 is 0 Å². The minimum absolute atomic E-state index is 0.0799. The number of hydrogen-bond donors (Lipinski definition) is 1. The Morgan fingerprint density at radius 2 is 0.952 bits per heavy atom. The van der Waals surface area contributed by atoms with Gasteiger partial charge in [-0.15, -0.1) is 0 Å². The van der Waals surface area contributed by atoms with E-state index in [1.807, 2.05) is 72.8 Å². The highest BCUT2D eigenvalue weighted by Crippen LogP contribution is 2.40. The predicted octanol–water partition coefficient (Wildman–Crippen LogP) is 5.84. The Kier molecular flexibility index (Phi) is 13.0. The van der Waals surface area contributed by atoms with Crippen molar-refractivity contribution in [2.45, 2.75) is 26.1 Å². The molecule has 0 bridgehead atoms. The Labute approximate surface area is 247 Å². The summed E-state index contributed by atoms with van der Waals surface area (Å²) in [5, 5.41) is 9.06. The molecule has 4 aromatic carbocycles. The van der Waals surface area contributed by atoms with Gasteiger partial charge in [-0.1, -0.05) is 60.7 Å². The van der Waals surface area contributed by atoms with Crippen molar-refractivity contribution in [1.82, 2.24) is 0 Å². The molecule has 0 saturated carbocycles. The fourth-order valence-corrected chi connectivity index (χ4v) is 4.10. The van der Waals surface area contributed by atoms with E-state index in [1.165, 1.54) is 0 Å². The van der Waals surface area contributed by atoms with Crippen LogP contribution in [-0.4, -0.2) is 46.4 Å². The Morgan fingerprint density at radius 3 is 1.29 bits per heavy atom. The number of aliphatic hydroxyl groups is 1. The molecule has 0 radical (unpaired) electrons. The summed E-state index contributed by atoms with van der Waals surface area (Å²) in [7, 11) is 6.31. The summed E-state index contributed by atoms with van der Waals surface area (Å²) in [6, 6.07) is 27.0. The largest absolute Gasteiger partial charge is 0.493 e. The summed E-state index contributed by atoms with van der Waals surface area (Å²) in [4.78, 5) is 10.7. The number of aliphatic hydroxyl groups excluding tert-OH is 1. The quantitative estimate of drug-likeness (QED) is 0.188. The van der Waals surface area contributed by atoms with Crippen LogP contribution < -0.4 is 28.4 Å². The van der Waals surface area contributed by atoms with E-state index >= 15 is 0 Å². The van der Waals surface area contributed by atoms with Crippen LogP contribution in [-0.2, 0) is 30.8 Å². The highest BCUT2D eigenvalue weighted by Gasteiger charge is 2.15. The molecular weight excluding hydrogens is 536 g/mol. The zero-order valence-electron chi connectivity index (χ0n) is 24.5. The second-order valence-corrected chi connectivity index (χ2v) is 9.05. The number of methoxy groups -OCH3 is 4. The average molecular weight is 575 g/mol. The molecule has 0 aliphatic carbocycles. The third kappa shape index (κ3) is 9.17. The van der Waals surface area contributed by atoms with E-state index in [0.29, 0.717) is 60.6 Å². The Balaban J connectivity index is 0.000000230. The van der Waals surface area contributed by atoms with E-state index in [9.17, 15) is 4.79 Å². The van der Waals surface area contributed by atoms with E-state index in [-0.39, 0.29) is 6.61 Å². The van der Waals surface area contributed by atoms with Gasteiger partial charge in [-0.3, -0.25) is 0 Å². The molecule has 0 spiro atoms. The van der Waals surface area contributed by atoms with Crippen LogP contribution in [0.4, 0.5) is 0 Å². The Morgan fingerprint density at radius 1 is 0.571 bits per heavy atom. The molecule has 222 valence electrons. The molecule has 0 aliphatic heterocycles. The number of aldehydes is 1. The van der Waals surface area contributed by atoms with E-state index in [2.05, 4.69) is 0 Å². The third-order valence-corrected chi connectivity index (χ3v) is 6.21. The van der Waals surface area contributed by atoms with Crippen LogP contribution in [0.2, 0.25) is 0 Å². The molecule has 8 heteroatoms. The maximum atomic E-state index is 10.7. The highest BCUT2D eigenvalue weighted by atomic mass is 16.5. The number of carbonyl (C=O) groups is 1. The van der Waals surface area contributed by atoms with E-state index in [0.717, 1.165) is 28.5 Å². The second-order valence-electron chi connectivity index (χ2n) is 9.05. The van der Waals surface area contributed by atoms with Crippen LogP contribution in [0, 0.1) is 0 Å². The number of rotatable bonds is 14. The van der Waals surface area contributed by atoms with Crippen molar-refractivity contribution >= 4 is 6.29 Å². The first-order valence-electron chi connectivity index (χ1n) is 13.4. The molecular formula is C34H38O8. The molecule has 0 saturated heterocycles. The predicted molar refractivity (Wildman–Crippen MR) is 161 cm³/mol. The standard InChI is InChI=1S/C17H20O4.C17H18O4/c2*1-19-15-10-14(8-9-18)11-16(20-2)17(15)21-12-13-6-4-3-5-7-13/h3-7,10-11,18H,8-9,12H2,1-2H3;3-7,9-11H,8,12H2,1-2H3. The first kappa shape index (κ1) is 31.8. The van der Waals surface area contributed by atoms with Gasteiger partial charge in [0.25, 0.3) is 0 Å². The molecule has 0 fully saturated rings. The molecule has 0 aromatic heterocycles. The Hall–Kier alpha value is -4.69. The lowest BCUT2D eigenvalue weighted by Crippen LogP contribution is -2.02. The smallest absolute Gasteiger partial charge is 0.203 e. The molecule has 4 aromatic rings. The lowest BCUT2D eigenvalue weighted by molar-refractivity contribution is -0.107. The zero-order chi connectivity index (χ0) is 30.2. The molecule has 4 rings (SSSR count). The van der Waals surface area contributed by atoms with Gasteiger partial charge in [0.05, 0.1) is 28.4 Å². The summed E-state index contributed by atoms with van der Waals surface area (Å²) in [5.74, 6) is 3.44. The third-order valence-electron chi connectivity index (χ3n) is 6.21. The van der Waals surface area contributed by atoms with Crippen LogP contribution in [0.5, 0.6) is 34.5 Å². The molecule has 0 heterocycles. The Bertz CT molecular complexity index is 1320. The van der Waals surface area contributed by atoms with E-state index < -0.39 is 0 Å². The zero-order valence-corrected chi connectivity index (χ0v) is 24.5. The van der Waals surface area contributed by atoms with Crippen LogP contribution in [0.3, 0.4) is 0 Å². The summed E-state index contributed by atoms with van der Waals surface area (Å²) in [6.45, 7) is 0.935. The van der Waals surface area contributed by atoms with E-state index in [1.54, 1.807) is 40.6 Å². The van der Waals surface area contributed by atoms with Gasteiger partial charge in [-0.25, -0.2) is 0 Å². The van der Waals surface area contributed by atoms with Gasteiger partial charge in [0.2, 0.25) is 11.5 Å². The van der Waals surface area contributed by atoms with Crippen LogP contribution in [0.1, 0.15) is 22.3 Å². The van der Waals surface area contributed by atoms with Crippen molar-refractivity contribution in [2.24, 2.45) is 0 Å². The summed E-state index contributed by atoms with van der Waals surface area (Å²) in [5.41, 5.74) is 3.89. The number of ether oxygens (including phenoxy) is 6. The molecule has 8 nitrogen and oxygen atoms in total. The van der Waals surface area contributed by atoms with Crippen molar-refractivity contribution in [3.8, 4) is 34.5 Å². The molecule has 1 N–H and O–H groups in total. The molecule has 0 aliphatic rings. The lowest BCUT2D eigenvalue weighted by atomic mass is 10.1. The maximum Gasteiger partial charge on any atom is 0.203 e. The second kappa shape index (κ2) is 17.2. The summed E-state index contributed by atoms with van der Waals surface area (Å²) < 4.78 is 33.1. The van der Waals surface area contributed by atoms with Crippen LogP contribution >= 0.6 is 0 Å². The number of benzene rings is 4. The van der Waals surface area contributed by atoms with Crippen molar-refractivity contribution < 1.29 is 38.3 Å². The van der Waals surface area contributed by atoms with Gasteiger partial charge in [0.1, 0.15) is 19.5 Å². The first-order chi connectivity index (χ1) is 20.6. The number of carbonyl (C=O) groups excluding carboxylic acids is 1. The minimum atomic E-state index is 0.0799. The molecule has 42 heavy (non-hydrogen) atoms. The topological polar surface area (TPSA) is 92.7 Å². The average Bonchev–Trinajstić information content (AvgIpc) is 3.04. The van der Waals surface area contributed by atoms with Gasteiger partial charge in [-0.2, -0.15) is 0 Å². The fraction of sp³-hybridized carbons (Fsp3) is 0.265. The molecule has 0 unspecified atom stereocenters. The van der Waals surface area contributed by atoms with Crippen LogP contribution in [0.15, 0.2) is 84.9 Å². The monoisotopic (exact) mass is 574 g/mol. The van der Waals surface area contributed by atoms with Gasteiger partial charge in [0, 0.05) is 13.0 Å². The normalized spacial score (nSPS) is 10.1. The van der Waals surface area contributed by atoms with Crippen molar-refractivity contribution in [3.05, 3.63) is 107 Å². The minimum Gasteiger partial charge on any atom is -0.493 e. The summed E-state index contributed by atoms with van der Waals surface area (Å²) >= 11 is 0. The van der Waals surface area contributed by atoms with Crippen molar-refractivity contribution in [3.63, 3.8) is 0 Å². The fourth-order valence-electron chi connectivity index (χ4n) is 4.10. The SMILES string of the molecule is COc1cc(CC=O)cc(OC)c1OCc1ccccc1.COc1cc(CCO)cc(OC)c1OCc1ccccc1. The summed E-state index contributed by atoms with van der Waals surface area (Å²) in [6.07, 6.45) is 1.70. The molecule has 0 atom stereocenters. The van der Waals surface area contributed by atoms with E-state index in [4.69, 9.17) is 33.5 Å². The maximum absolute atomic E-state index is 10.7. The first-order valence-corrected chi connectivity index (χ1v) is 13.4. The van der Waals surface area contributed by atoms with Crippen LogP contribution in [0.25, 0.3) is 0 Å². The van der Waals surface area contributed by atoms with Gasteiger partial charge in [0.15, 0.2) is 23.0 Å². The van der Waals surface area contributed by atoms with Gasteiger partial charge in [-0.05, 0) is 52.9 Å². The van der Waals surface area contributed by atoms with Gasteiger partial charge < -0.3 is 38.3 Å². The highest BCUT2D eigenvalue weighted by molar-refractivity contribution is 5.60. The number of hydrogen-bond acceptors (Lipinski definition) is 8.